The summed E-state index contributed by atoms with van der Waals surface area (Å²) in [7, 11) is -3.79. The molecule has 0 aliphatic rings. The molecule has 0 heterocycles. The fraction of sp³-hybridized carbons (Fsp3) is 0.355. The molecule has 0 saturated carbocycles. The second-order valence-corrected chi connectivity index (χ2v) is 13.1. The summed E-state index contributed by atoms with van der Waals surface area (Å²) in [6.07, 6.45) is 2.19. The molecule has 3 rings (SSSR count). The van der Waals surface area contributed by atoms with Gasteiger partial charge in [-0.1, -0.05) is 91.3 Å². The van der Waals surface area contributed by atoms with Crippen molar-refractivity contribution in [3.63, 3.8) is 0 Å². The summed E-state index contributed by atoms with van der Waals surface area (Å²) in [5.74, 6) is -0.515. The number of amides is 2. The highest BCUT2D eigenvalue weighted by atomic mass is 79.9. The largest absolute Gasteiger partial charge is 0.354 e. The number of sulfonamides is 1. The number of nitrogens with one attached hydrogen (secondary N) is 1. The normalized spacial score (nSPS) is 12.2. The van der Waals surface area contributed by atoms with Gasteiger partial charge in [0.15, 0.2) is 0 Å². The van der Waals surface area contributed by atoms with Crippen LogP contribution in [0.4, 0.5) is 5.69 Å². The van der Waals surface area contributed by atoms with Crippen molar-refractivity contribution in [2.45, 2.75) is 46.2 Å². The molecule has 0 saturated heterocycles. The summed E-state index contributed by atoms with van der Waals surface area (Å²) in [5, 5.41) is 2.99. The fourth-order valence-corrected chi connectivity index (χ4v) is 5.39. The van der Waals surface area contributed by atoms with E-state index in [1.165, 1.54) is 4.90 Å². The Bertz CT molecular complexity index is 1360. The molecule has 2 amide bonds. The zero-order valence-electron chi connectivity index (χ0n) is 23.5. The minimum absolute atomic E-state index is 0.144. The van der Waals surface area contributed by atoms with Gasteiger partial charge < -0.3 is 10.2 Å². The van der Waals surface area contributed by atoms with E-state index in [4.69, 9.17) is 0 Å². The van der Waals surface area contributed by atoms with E-state index < -0.39 is 28.5 Å². The Balaban J connectivity index is 2.03. The first kappa shape index (κ1) is 31.4. The smallest absolute Gasteiger partial charge is 0.244 e. The van der Waals surface area contributed by atoms with Gasteiger partial charge in [0, 0.05) is 24.0 Å². The third-order valence-electron chi connectivity index (χ3n) is 6.53. The van der Waals surface area contributed by atoms with E-state index in [2.05, 4.69) is 21.2 Å². The van der Waals surface area contributed by atoms with Crippen LogP contribution in [0.2, 0.25) is 0 Å². The predicted molar refractivity (Wildman–Crippen MR) is 164 cm³/mol. The first-order chi connectivity index (χ1) is 19.0. The number of aryl methyl sites for hydroxylation is 1. The zero-order chi connectivity index (χ0) is 29.3. The lowest BCUT2D eigenvalue weighted by molar-refractivity contribution is -0.140. The minimum atomic E-state index is -3.79. The maximum absolute atomic E-state index is 14.1. The SMILES string of the molecule is CCc1ccc(N(CC(=O)N(Cc2ccc(Br)cc2)[C@H](Cc2ccccc2)C(=O)NCC(C)C)S(C)(=O)=O)cc1. The first-order valence-corrected chi connectivity index (χ1v) is 16.0. The van der Waals surface area contributed by atoms with E-state index >= 15 is 0 Å². The van der Waals surface area contributed by atoms with Crippen LogP contribution in [-0.2, 0) is 39.0 Å². The Hall–Kier alpha value is -3.17. The number of carbonyl (C=O) groups is 2. The molecule has 40 heavy (non-hydrogen) atoms. The molecule has 3 aromatic rings. The molecule has 214 valence electrons. The van der Waals surface area contributed by atoms with Gasteiger partial charge in [-0.3, -0.25) is 13.9 Å². The van der Waals surface area contributed by atoms with Crippen LogP contribution in [0.5, 0.6) is 0 Å². The Morgan fingerprint density at radius 3 is 2.02 bits per heavy atom. The zero-order valence-corrected chi connectivity index (χ0v) is 25.9. The lowest BCUT2D eigenvalue weighted by Gasteiger charge is -2.33. The molecule has 0 bridgehead atoms. The topological polar surface area (TPSA) is 86.8 Å². The molecule has 1 N–H and O–H groups in total. The second kappa shape index (κ2) is 14.5. The molecule has 0 fully saturated rings. The van der Waals surface area contributed by atoms with Crippen molar-refractivity contribution in [3.05, 3.63) is 100 Å². The van der Waals surface area contributed by atoms with Crippen LogP contribution >= 0.6 is 15.9 Å². The van der Waals surface area contributed by atoms with E-state index in [9.17, 15) is 18.0 Å². The number of nitrogens with zero attached hydrogens (tertiary/aromatic N) is 2. The van der Waals surface area contributed by atoms with Crippen LogP contribution in [0, 0.1) is 5.92 Å². The average Bonchev–Trinajstić information content (AvgIpc) is 2.93. The molecular weight excluding hydrogens is 590 g/mol. The van der Waals surface area contributed by atoms with Gasteiger partial charge in [-0.25, -0.2) is 8.42 Å². The Kier molecular flexibility index (Phi) is 11.3. The average molecular weight is 629 g/mol. The number of carbonyl (C=O) groups excluding carboxylic acids is 2. The quantitative estimate of drug-likeness (QED) is 0.283. The van der Waals surface area contributed by atoms with Gasteiger partial charge >= 0.3 is 0 Å². The Morgan fingerprint density at radius 2 is 1.48 bits per heavy atom. The molecule has 0 aliphatic carbocycles. The van der Waals surface area contributed by atoms with Gasteiger partial charge in [0.25, 0.3) is 0 Å². The molecule has 0 radical (unpaired) electrons. The number of anilines is 1. The minimum Gasteiger partial charge on any atom is -0.354 e. The fourth-order valence-electron chi connectivity index (χ4n) is 4.27. The van der Waals surface area contributed by atoms with Crippen molar-refractivity contribution in [3.8, 4) is 0 Å². The second-order valence-electron chi connectivity index (χ2n) is 10.3. The van der Waals surface area contributed by atoms with E-state index in [0.717, 1.165) is 38.1 Å². The van der Waals surface area contributed by atoms with Gasteiger partial charge in [-0.2, -0.15) is 0 Å². The standard InChI is InChI=1S/C31H38BrN3O4S/c1-5-24-13-17-28(18-14-24)35(40(4,38)39)22-30(36)34(21-26-11-15-27(32)16-12-26)29(31(37)33-20-23(2)3)19-25-9-7-6-8-10-25/h6-18,23,29H,5,19-22H2,1-4H3,(H,33,37)/t29-/m1/s1. The summed E-state index contributed by atoms with van der Waals surface area (Å²) < 4.78 is 27.8. The lowest BCUT2D eigenvalue weighted by atomic mass is 10.0. The van der Waals surface area contributed by atoms with Crippen molar-refractivity contribution in [1.82, 2.24) is 10.2 Å². The number of benzene rings is 3. The lowest BCUT2D eigenvalue weighted by Crippen LogP contribution is -2.53. The van der Waals surface area contributed by atoms with E-state index in [-0.39, 0.29) is 24.8 Å². The first-order valence-electron chi connectivity index (χ1n) is 13.4. The molecule has 7 nitrogen and oxygen atoms in total. The molecule has 9 heteroatoms. The van der Waals surface area contributed by atoms with Crippen LogP contribution in [0.3, 0.4) is 0 Å². The van der Waals surface area contributed by atoms with Crippen molar-refractivity contribution in [1.29, 1.82) is 0 Å². The van der Waals surface area contributed by atoms with Gasteiger partial charge in [-0.15, -0.1) is 0 Å². The van der Waals surface area contributed by atoms with Crippen molar-refractivity contribution in [2.75, 3.05) is 23.7 Å². The third-order valence-corrected chi connectivity index (χ3v) is 8.20. The van der Waals surface area contributed by atoms with Crippen molar-refractivity contribution >= 4 is 43.5 Å². The van der Waals surface area contributed by atoms with Crippen LogP contribution in [0.15, 0.2) is 83.3 Å². The van der Waals surface area contributed by atoms with Crippen LogP contribution in [-0.4, -0.2) is 50.5 Å². The van der Waals surface area contributed by atoms with E-state index in [1.54, 1.807) is 12.1 Å². The van der Waals surface area contributed by atoms with E-state index in [1.807, 2.05) is 87.5 Å². The number of hydrogen-bond acceptors (Lipinski definition) is 4. The van der Waals surface area contributed by atoms with Crippen LogP contribution in [0.1, 0.15) is 37.5 Å². The summed E-state index contributed by atoms with van der Waals surface area (Å²) in [5.41, 5.74) is 3.19. The summed E-state index contributed by atoms with van der Waals surface area (Å²) in [6.45, 7) is 6.21. The maximum Gasteiger partial charge on any atom is 0.244 e. The predicted octanol–water partition coefficient (Wildman–Crippen LogP) is 5.19. The number of halogens is 1. The highest BCUT2D eigenvalue weighted by Gasteiger charge is 2.33. The molecule has 0 aliphatic heterocycles. The van der Waals surface area contributed by atoms with E-state index in [0.29, 0.717) is 12.2 Å². The van der Waals surface area contributed by atoms with Gasteiger partial charge in [-0.05, 0) is 53.3 Å². The third kappa shape index (κ3) is 9.20. The van der Waals surface area contributed by atoms with Crippen molar-refractivity contribution in [2.24, 2.45) is 5.92 Å². The highest BCUT2D eigenvalue weighted by molar-refractivity contribution is 9.10. The van der Waals surface area contributed by atoms with Crippen LogP contribution in [0.25, 0.3) is 0 Å². The van der Waals surface area contributed by atoms with Gasteiger partial charge in [0.05, 0.1) is 11.9 Å². The molecule has 3 aromatic carbocycles. The molecule has 1 atom stereocenters. The van der Waals surface area contributed by atoms with Crippen molar-refractivity contribution < 1.29 is 18.0 Å². The Labute approximate surface area is 246 Å². The monoisotopic (exact) mass is 627 g/mol. The summed E-state index contributed by atoms with van der Waals surface area (Å²) in [6, 6.07) is 23.3. The van der Waals surface area contributed by atoms with Crippen LogP contribution < -0.4 is 9.62 Å². The Morgan fingerprint density at radius 1 is 0.875 bits per heavy atom. The van der Waals surface area contributed by atoms with Gasteiger partial charge in [0.2, 0.25) is 21.8 Å². The number of rotatable bonds is 13. The molecule has 0 unspecified atom stereocenters. The maximum atomic E-state index is 14.1. The molecule has 0 aromatic heterocycles. The highest BCUT2D eigenvalue weighted by Crippen LogP contribution is 2.22. The number of hydrogen-bond donors (Lipinski definition) is 1. The summed E-state index contributed by atoms with van der Waals surface area (Å²) >= 11 is 3.44. The molecular formula is C31H38BrN3O4S. The van der Waals surface area contributed by atoms with Gasteiger partial charge in [0.1, 0.15) is 12.6 Å². The summed E-state index contributed by atoms with van der Waals surface area (Å²) in [4.78, 5) is 29.2. The molecule has 0 spiro atoms.